The Morgan fingerprint density at radius 3 is 2.96 bits per heavy atom. The number of para-hydroxylation sites is 1. The lowest BCUT2D eigenvalue weighted by atomic mass is 10.3. The fourth-order valence-electron chi connectivity index (χ4n) is 1.78. The standard InChI is InChI=1S/C13H12N6O2S2/c1-7-11(21)19(14)13(18-17-7)22-6-10(20)16-12-15-8-4-2-3-5-9(8)23-12/h2-5H,6,14H2,1H3,(H,15,16,20). The summed E-state index contributed by atoms with van der Waals surface area (Å²) in [5.41, 5.74) is 0.602. The molecule has 0 bridgehead atoms. The SMILES string of the molecule is Cc1nnc(SCC(=O)Nc2nc3ccccc3s2)n(N)c1=O. The summed E-state index contributed by atoms with van der Waals surface area (Å²) < 4.78 is 1.88. The van der Waals surface area contributed by atoms with Crippen molar-refractivity contribution in [3.63, 3.8) is 0 Å². The van der Waals surface area contributed by atoms with Crippen LogP contribution in [0, 0.1) is 6.92 Å². The van der Waals surface area contributed by atoms with Crippen molar-refractivity contribution >= 4 is 44.4 Å². The number of anilines is 1. The highest BCUT2D eigenvalue weighted by atomic mass is 32.2. The second kappa shape index (κ2) is 6.34. The lowest BCUT2D eigenvalue weighted by Gasteiger charge is -2.05. The Kier molecular flexibility index (Phi) is 4.26. The van der Waals surface area contributed by atoms with E-state index in [1.165, 1.54) is 18.3 Å². The highest BCUT2D eigenvalue weighted by Gasteiger charge is 2.12. The monoisotopic (exact) mass is 348 g/mol. The zero-order chi connectivity index (χ0) is 16.4. The van der Waals surface area contributed by atoms with E-state index in [1.54, 1.807) is 0 Å². The van der Waals surface area contributed by atoms with Crippen molar-refractivity contribution in [2.45, 2.75) is 12.1 Å². The Morgan fingerprint density at radius 2 is 2.17 bits per heavy atom. The molecular formula is C13H12N6O2S2. The van der Waals surface area contributed by atoms with Gasteiger partial charge in [0.25, 0.3) is 5.56 Å². The Labute approximate surface area is 138 Å². The second-order valence-corrected chi connectivity index (χ2v) is 6.54. The van der Waals surface area contributed by atoms with Crippen LogP contribution in [0.25, 0.3) is 10.2 Å². The first kappa shape index (κ1) is 15.4. The summed E-state index contributed by atoms with van der Waals surface area (Å²) in [4.78, 5) is 27.9. The van der Waals surface area contributed by atoms with Crippen LogP contribution in [0.4, 0.5) is 5.13 Å². The van der Waals surface area contributed by atoms with Crippen molar-refractivity contribution in [1.29, 1.82) is 0 Å². The van der Waals surface area contributed by atoms with E-state index in [9.17, 15) is 9.59 Å². The average Bonchev–Trinajstić information content (AvgIpc) is 2.94. The molecule has 8 nitrogen and oxygen atoms in total. The number of amides is 1. The number of nitrogens with zero attached hydrogens (tertiary/aromatic N) is 4. The van der Waals surface area contributed by atoms with Crippen molar-refractivity contribution in [3.8, 4) is 0 Å². The number of nitrogens with one attached hydrogen (secondary N) is 1. The normalized spacial score (nSPS) is 10.8. The number of rotatable bonds is 4. The molecule has 3 N–H and O–H groups in total. The van der Waals surface area contributed by atoms with Gasteiger partial charge in [-0.25, -0.2) is 4.98 Å². The molecule has 0 atom stereocenters. The maximum Gasteiger partial charge on any atom is 0.294 e. The molecule has 2 aromatic heterocycles. The molecule has 3 aromatic rings. The van der Waals surface area contributed by atoms with Gasteiger partial charge in [-0.2, -0.15) is 4.68 Å². The van der Waals surface area contributed by atoms with Crippen LogP contribution in [0.3, 0.4) is 0 Å². The largest absolute Gasteiger partial charge is 0.334 e. The van der Waals surface area contributed by atoms with Crippen LogP contribution in [-0.4, -0.2) is 31.5 Å². The topological polar surface area (TPSA) is 116 Å². The predicted molar refractivity (Wildman–Crippen MR) is 90.2 cm³/mol. The number of benzene rings is 1. The summed E-state index contributed by atoms with van der Waals surface area (Å²) in [6.45, 7) is 1.52. The van der Waals surface area contributed by atoms with Crippen molar-refractivity contribution in [1.82, 2.24) is 19.9 Å². The van der Waals surface area contributed by atoms with Crippen molar-refractivity contribution in [2.24, 2.45) is 0 Å². The van der Waals surface area contributed by atoms with E-state index in [4.69, 9.17) is 5.84 Å². The Balaban J connectivity index is 1.66. The third kappa shape index (κ3) is 3.32. The molecule has 1 aromatic carbocycles. The van der Waals surface area contributed by atoms with Gasteiger partial charge in [-0.05, 0) is 19.1 Å². The van der Waals surface area contributed by atoms with Crippen LogP contribution in [-0.2, 0) is 4.79 Å². The number of thioether (sulfide) groups is 1. The fourth-order valence-corrected chi connectivity index (χ4v) is 3.31. The number of hydrogen-bond acceptors (Lipinski definition) is 8. The van der Waals surface area contributed by atoms with Gasteiger partial charge in [0.1, 0.15) is 5.69 Å². The van der Waals surface area contributed by atoms with E-state index >= 15 is 0 Å². The predicted octanol–water partition coefficient (Wildman–Crippen LogP) is 1.00. The third-order valence-electron chi connectivity index (χ3n) is 2.89. The maximum absolute atomic E-state index is 12.0. The molecule has 3 rings (SSSR count). The molecule has 118 valence electrons. The van der Waals surface area contributed by atoms with Crippen LogP contribution in [0.2, 0.25) is 0 Å². The van der Waals surface area contributed by atoms with E-state index in [0.29, 0.717) is 5.13 Å². The smallest absolute Gasteiger partial charge is 0.294 e. The van der Waals surface area contributed by atoms with Crippen LogP contribution < -0.4 is 16.7 Å². The zero-order valence-electron chi connectivity index (χ0n) is 12.0. The summed E-state index contributed by atoms with van der Waals surface area (Å²) >= 11 is 2.43. The third-order valence-corrected chi connectivity index (χ3v) is 4.79. The van der Waals surface area contributed by atoms with Gasteiger partial charge in [0.2, 0.25) is 11.1 Å². The van der Waals surface area contributed by atoms with Crippen molar-refractivity contribution in [2.75, 3.05) is 16.9 Å². The van der Waals surface area contributed by atoms with Gasteiger partial charge in [-0.15, -0.1) is 10.2 Å². The Hall–Kier alpha value is -2.46. The van der Waals surface area contributed by atoms with Gasteiger partial charge >= 0.3 is 0 Å². The molecule has 1 amide bonds. The minimum Gasteiger partial charge on any atom is -0.334 e. The van der Waals surface area contributed by atoms with Crippen molar-refractivity contribution < 1.29 is 4.79 Å². The molecule has 0 aliphatic carbocycles. The van der Waals surface area contributed by atoms with Crippen LogP contribution in [0.5, 0.6) is 0 Å². The van der Waals surface area contributed by atoms with Gasteiger partial charge in [-0.3, -0.25) is 9.59 Å². The molecular weight excluding hydrogens is 336 g/mol. The van der Waals surface area contributed by atoms with Crippen molar-refractivity contribution in [3.05, 3.63) is 40.3 Å². The highest BCUT2D eigenvalue weighted by molar-refractivity contribution is 7.99. The van der Waals surface area contributed by atoms with E-state index in [1.807, 2.05) is 24.3 Å². The number of fused-ring (bicyclic) bond motifs is 1. The van der Waals surface area contributed by atoms with E-state index in [2.05, 4.69) is 20.5 Å². The molecule has 10 heteroatoms. The molecule has 0 radical (unpaired) electrons. The number of nitrogen functional groups attached to an aromatic ring is 1. The summed E-state index contributed by atoms with van der Waals surface area (Å²) in [7, 11) is 0. The quantitative estimate of drug-likeness (QED) is 0.534. The zero-order valence-corrected chi connectivity index (χ0v) is 13.6. The summed E-state index contributed by atoms with van der Waals surface area (Å²) in [5, 5.41) is 10.9. The molecule has 0 unspecified atom stereocenters. The number of nitrogens with two attached hydrogens (primary N) is 1. The number of aryl methyl sites for hydroxylation is 1. The Morgan fingerprint density at radius 1 is 1.39 bits per heavy atom. The van der Waals surface area contributed by atoms with Gasteiger partial charge in [0.05, 0.1) is 16.0 Å². The van der Waals surface area contributed by atoms with Gasteiger partial charge in [-0.1, -0.05) is 35.2 Å². The second-order valence-electron chi connectivity index (χ2n) is 4.57. The van der Waals surface area contributed by atoms with E-state index in [-0.39, 0.29) is 22.5 Å². The minimum atomic E-state index is -0.436. The van der Waals surface area contributed by atoms with Gasteiger partial charge in [0, 0.05) is 0 Å². The van der Waals surface area contributed by atoms with E-state index < -0.39 is 5.56 Å². The lowest BCUT2D eigenvalue weighted by Crippen LogP contribution is -2.32. The van der Waals surface area contributed by atoms with Gasteiger partial charge < -0.3 is 11.2 Å². The molecule has 0 fully saturated rings. The fraction of sp³-hybridized carbons (Fsp3) is 0.154. The summed E-state index contributed by atoms with van der Waals surface area (Å²) in [5.74, 6) is 5.40. The van der Waals surface area contributed by atoms with Crippen LogP contribution in [0.1, 0.15) is 5.69 Å². The molecule has 0 aliphatic rings. The van der Waals surface area contributed by atoms with Gasteiger partial charge in [0.15, 0.2) is 5.13 Å². The molecule has 0 saturated heterocycles. The minimum absolute atomic E-state index is 0.0459. The summed E-state index contributed by atoms with van der Waals surface area (Å²) in [6, 6.07) is 7.62. The maximum atomic E-state index is 12.0. The molecule has 0 spiro atoms. The number of carbonyl (C=O) groups excluding carboxylic acids is 1. The lowest BCUT2D eigenvalue weighted by molar-refractivity contribution is -0.113. The first-order valence-corrected chi connectivity index (χ1v) is 8.34. The first-order chi connectivity index (χ1) is 11.0. The molecule has 2 heterocycles. The van der Waals surface area contributed by atoms with Crippen LogP contribution >= 0.6 is 23.1 Å². The number of thiazole rings is 1. The number of aromatic nitrogens is 4. The molecule has 0 aliphatic heterocycles. The number of carbonyl (C=O) groups is 1. The average molecular weight is 348 g/mol. The summed E-state index contributed by atoms with van der Waals surface area (Å²) in [6.07, 6.45) is 0. The van der Waals surface area contributed by atoms with E-state index in [0.717, 1.165) is 26.7 Å². The number of hydrogen-bond donors (Lipinski definition) is 2. The molecule has 0 saturated carbocycles. The van der Waals surface area contributed by atoms with Crippen LogP contribution in [0.15, 0.2) is 34.2 Å². The Bertz CT molecular complexity index is 903. The molecule has 23 heavy (non-hydrogen) atoms. The first-order valence-electron chi connectivity index (χ1n) is 6.54. The highest BCUT2D eigenvalue weighted by Crippen LogP contribution is 2.25.